The van der Waals surface area contributed by atoms with Gasteiger partial charge in [0.1, 0.15) is 0 Å². The van der Waals surface area contributed by atoms with Gasteiger partial charge in [0.25, 0.3) is 0 Å². The van der Waals surface area contributed by atoms with Crippen LogP contribution in [-0.2, 0) is 14.8 Å². The third kappa shape index (κ3) is 8.43. The maximum Gasteiger partial charge on any atom is 0.235 e. The summed E-state index contributed by atoms with van der Waals surface area (Å²) in [4.78, 5) is 13.6. The number of hydrogen-bond acceptors (Lipinski definition) is 4. The number of likely N-dealkylation sites (N-methyl/N-ethyl adjacent to an activating group) is 1. The third-order valence-electron chi connectivity index (χ3n) is 2.24. The van der Waals surface area contributed by atoms with Gasteiger partial charge in [-0.15, -0.1) is 0 Å². The second kappa shape index (κ2) is 7.70. The highest BCUT2D eigenvalue weighted by molar-refractivity contribution is 7.88. The van der Waals surface area contributed by atoms with Crippen LogP contribution in [-0.4, -0.2) is 70.1 Å². The van der Waals surface area contributed by atoms with Crippen LogP contribution in [0.1, 0.15) is 13.8 Å². The molecule has 0 unspecified atom stereocenters. The van der Waals surface area contributed by atoms with E-state index in [0.717, 1.165) is 12.8 Å². The molecule has 18 heavy (non-hydrogen) atoms. The minimum absolute atomic E-state index is 0.107. The van der Waals surface area contributed by atoms with Gasteiger partial charge in [-0.1, -0.05) is 13.8 Å². The van der Waals surface area contributed by atoms with Crippen molar-refractivity contribution < 1.29 is 13.2 Å². The molecule has 0 aromatic carbocycles. The summed E-state index contributed by atoms with van der Waals surface area (Å²) >= 11 is 0. The summed E-state index contributed by atoms with van der Waals surface area (Å²) in [6.07, 6.45) is 1.13. The lowest BCUT2D eigenvalue weighted by Crippen LogP contribution is -2.43. The largest absolute Gasteiger partial charge is 0.354 e. The summed E-state index contributed by atoms with van der Waals surface area (Å²) in [5, 5.41) is 2.70. The van der Waals surface area contributed by atoms with Crippen LogP contribution in [0.2, 0.25) is 0 Å². The van der Waals surface area contributed by atoms with Crippen molar-refractivity contribution in [3.63, 3.8) is 0 Å². The maximum atomic E-state index is 11.6. The molecule has 0 saturated heterocycles. The zero-order valence-electron chi connectivity index (χ0n) is 11.9. The lowest BCUT2D eigenvalue weighted by Gasteiger charge is -2.21. The third-order valence-corrected chi connectivity index (χ3v) is 3.46. The van der Waals surface area contributed by atoms with E-state index in [2.05, 4.69) is 5.32 Å². The van der Waals surface area contributed by atoms with Crippen LogP contribution in [0.5, 0.6) is 0 Å². The smallest absolute Gasteiger partial charge is 0.235 e. The number of carbonyl (C=O) groups is 1. The molecule has 0 aliphatic rings. The second-order valence-corrected chi connectivity index (χ2v) is 7.09. The number of nitrogens with one attached hydrogen (secondary N) is 1. The predicted molar refractivity (Wildman–Crippen MR) is 72.8 cm³/mol. The summed E-state index contributed by atoms with van der Waals surface area (Å²) in [6, 6.07) is 0. The topological polar surface area (TPSA) is 69.7 Å². The maximum absolute atomic E-state index is 11.6. The highest BCUT2D eigenvalue weighted by Gasteiger charge is 2.20. The normalized spacial score (nSPS) is 12.4. The molecule has 1 N–H and O–H groups in total. The molecule has 7 heteroatoms. The number of hydrogen-bond donors (Lipinski definition) is 1. The van der Waals surface area contributed by atoms with E-state index in [0.29, 0.717) is 13.1 Å². The molecule has 0 aromatic rings. The van der Waals surface area contributed by atoms with Crippen molar-refractivity contribution in [2.24, 2.45) is 5.92 Å². The van der Waals surface area contributed by atoms with Crippen molar-refractivity contribution in [2.45, 2.75) is 13.8 Å². The monoisotopic (exact) mass is 279 g/mol. The van der Waals surface area contributed by atoms with Gasteiger partial charge in [-0.3, -0.25) is 4.79 Å². The fourth-order valence-corrected chi connectivity index (χ4v) is 2.28. The van der Waals surface area contributed by atoms with Crippen molar-refractivity contribution >= 4 is 15.9 Å². The molecule has 0 atom stereocenters. The van der Waals surface area contributed by atoms with E-state index < -0.39 is 10.0 Å². The predicted octanol–water partition coefficient (Wildman–Crippen LogP) is -0.418. The van der Waals surface area contributed by atoms with Crippen LogP contribution < -0.4 is 5.32 Å². The fourth-order valence-electron chi connectivity index (χ4n) is 1.36. The Balaban J connectivity index is 4.28. The van der Waals surface area contributed by atoms with E-state index in [1.807, 2.05) is 32.8 Å². The Labute approximate surface area is 110 Å². The van der Waals surface area contributed by atoms with Crippen molar-refractivity contribution in [3.8, 4) is 0 Å². The average molecular weight is 279 g/mol. The molecule has 0 heterocycles. The standard InChI is InChI=1S/C11H25N3O3S/c1-10(2)8-14(18(5,16)17)9-11(15)12-6-7-13(3)4/h10H,6-9H2,1-5H3,(H,12,15). The number of sulfonamides is 1. The van der Waals surface area contributed by atoms with Crippen LogP contribution in [0.3, 0.4) is 0 Å². The SMILES string of the molecule is CC(C)CN(CC(=O)NCCN(C)C)S(C)(=O)=O. The molecular formula is C11H25N3O3S. The summed E-state index contributed by atoms with van der Waals surface area (Å²) in [7, 11) is 0.487. The summed E-state index contributed by atoms with van der Waals surface area (Å²) in [5.41, 5.74) is 0. The van der Waals surface area contributed by atoms with Crippen LogP contribution in [0, 0.1) is 5.92 Å². The van der Waals surface area contributed by atoms with Gasteiger partial charge in [-0.05, 0) is 20.0 Å². The first-order chi connectivity index (χ1) is 8.12. The van der Waals surface area contributed by atoms with E-state index in [1.165, 1.54) is 4.31 Å². The molecule has 108 valence electrons. The van der Waals surface area contributed by atoms with E-state index in [4.69, 9.17) is 0 Å². The molecule has 0 spiro atoms. The first kappa shape index (κ1) is 17.3. The zero-order valence-corrected chi connectivity index (χ0v) is 12.7. The number of carbonyl (C=O) groups excluding carboxylic acids is 1. The van der Waals surface area contributed by atoms with Crippen molar-refractivity contribution in [2.75, 3.05) is 46.5 Å². The van der Waals surface area contributed by atoms with Gasteiger partial charge in [0.2, 0.25) is 15.9 Å². The Hall–Kier alpha value is -0.660. The Morgan fingerprint density at radius 3 is 2.22 bits per heavy atom. The summed E-state index contributed by atoms with van der Waals surface area (Å²) in [5.74, 6) is -0.0720. The summed E-state index contributed by atoms with van der Waals surface area (Å²) < 4.78 is 24.3. The average Bonchev–Trinajstić information content (AvgIpc) is 2.13. The van der Waals surface area contributed by atoms with Gasteiger partial charge in [0, 0.05) is 19.6 Å². The van der Waals surface area contributed by atoms with Crippen molar-refractivity contribution in [3.05, 3.63) is 0 Å². The van der Waals surface area contributed by atoms with Gasteiger partial charge < -0.3 is 10.2 Å². The van der Waals surface area contributed by atoms with E-state index in [-0.39, 0.29) is 18.4 Å². The summed E-state index contributed by atoms with van der Waals surface area (Å²) in [6.45, 7) is 5.34. The first-order valence-electron chi connectivity index (χ1n) is 5.99. The van der Waals surface area contributed by atoms with Crippen molar-refractivity contribution in [1.82, 2.24) is 14.5 Å². The van der Waals surface area contributed by atoms with Gasteiger partial charge in [0.15, 0.2) is 0 Å². The lowest BCUT2D eigenvalue weighted by atomic mass is 10.2. The van der Waals surface area contributed by atoms with E-state index in [9.17, 15) is 13.2 Å². The Morgan fingerprint density at radius 1 is 1.28 bits per heavy atom. The highest BCUT2D eigenvalue weighted by Crippen LogP contribution is 2.03. The molecule has 0 bridgehead atoms. The van der Waals surface area contributed by atoms with Gasteiger partial charge in [-0.25, -0.2) is 8.42 Å². The molecule has 0 fully saturated rings. The van der Waals surface area contributed by atoms with Gasteiger partial charge in [-0.2, -0.15) is 4.31 Å². The molecule has 0 rings (SSSR count). The van der Waals surface area contributed by atoms with Gasteiger partial charge in [0.05, 0.1) is 12.8 Å². The minimum atomic E-state index is -3.33. The molecule has 0 aromatic heterocycles. The fraction of sp³-hybridized carbons (Fsp3) is 0.909. The number of nitrogens with zero attached hydrogens (tertiary/aromatic N) is 2. The van der Waals surface area contributed by atoms with E-state index in [1.54, 1.807) is 0 Å². The number of rotatable bonds is 8. The van der Waals surface area contributed by atoms with Crippen LogP contribution in [0.15, 0.2) is 0 Å². The number of amides is 1. The molecule has 0 radical (unpaired) electrons. The first-order valence-corrected chi connectivity index (χ1v) is 7.84. The second-order valence-electron chi connectivity index (χ2n) is 5.10. The Bertz CT molecular complexity index is 353. The van der Waals surface area contributed by atoms with Crippen LogP contribution in [0.25, 0.3) is 0 Å². The Kier molecular flexibility index (Phi) is 7.42. The molecule has 0 aliphatic heterocycles. The van der Waals surface area contributed by atoms with Crippen LogP contribution >= 0.6 is 0 Å². The molecular weight excluding hydrogens is 254 g/mol. The highest BCUT2D eigenvalue weighted by atomic mass is 32.2. The zero-order chi connectivity index (χ0) is 14.3. The van der Waals surface area contributed by atoms with Crippen molar-refractivity contribution in [1.29, 1.82) is 0 Å². The van der Waals surface area contributed by atoms with Crippen LogP contribution in [0.4, 0.5) is 0 Å². The lowest BCUT2D eigenvalue weighted by molar-refractivity contribution is -0.121. The Morgan fingerprint density at radius 2 is 1.83 bits per heavy atom. The molecule has 1 amide bonds. The van der Waals surface area contributed by atoms with Gasteiger partial charge >= 0.3 is 0 Å². The molecule has 0 saturated carbocycles. The minimum Gasteiger partial charge on any atom is -0.354 e. The quantitative estimate of drug-likeness (QED) is 0.655. The molecule has 0 aliphatic carbocycles. The van der Waals surface area contributed by atoms with E-state index >= 15 is 0 Å². The molecule has 6 nitrogen and oxygen atoms in total.